The van der Waals surface area contributed by atoms with Crippen LogP contribution in [0.1, 0.15) is 37.7 Å². The summed E-state index contributed by atoms with van der Waals surface area (Å²) < 4.78 is 1.68. The van der Waals surface area contributed by atoms with Gasteiger partial charge in [0.1, 0.15) is 5.69 Å². The van der Waals surface area contributed by atoms with Crippen molar-refractivity contribution >= 4 is 11.7 Å². The lowest BCUT2D eigenvalue weighted by Gasteiger charge is -2.29. The monoisotopic (exact) mass is 276 g/mol. The highest BCUT2D eigenvalue weighted by Crippen LogP contribution is 2.18. The average molecular weight is 276 g/mol. The first kappa shape index (κ1) is 14.5. The summed E-state index contributed by atoms with van der Waals surface area (Å²) in [7, 11) is 0. The van der Waals surface area contributed by atoms with Crippen molar-refractivity contribution in [2.75, 3.05) is 6.54 Å². The number of aliphatic hydroxyl groups is 1. The first-order valence-corrected chi connectivity index (χ1v) is 6.74. The first-order valence-electron chi connectivity index (χ1n) is 6.74. The van der Waals surface area contributed by atoms with Crippen LogP contribution >= 0.6 is 0 Å². The topological polar surface area (TPSA) is 79.5 Å². The Bertz CT molecular complexity index is 573. The summed E-state index contributed by atoms with van der Waals surface area (Å²) in [6, 6.07) is 1.77. The molecule has 0 radical (unpaired) electrons. The van der Waals surface area contributed by atoms with E-state index >= 15 is 0 Å². The van der Waals surface area contributed by atoms with Gasteiger partial charge in [-0.15, -0.1) is 0 Å². The molecule has 2 unspecified atom stereocenters. The van der Waals surface area contributed by atoms with Gasteiger partial charge in [-0.2, -0.15) is 0 Å². The van der Waals surface area contributed by atoms with E-state index in [1.807, 2.05) is 13.8 Å². The van der Waals surface area contributed by atoms with Crippen molar-refractivity contribution in [3.05, 3.63) is 30.4 Å². The number of amides is 1. The first-order chi connectivity index (χ1) is 9.44. The van der Waals surface area contributed by atoms with Gasteiger partial charge in [0, 0.05) is 25.1 Å². The second kappa shape index (κ2) is 5.58. The van der Waals surface area contributed by atoms with Crippen LogP contribution in [0.2, 0.25) is 0 Å². The lowest BCUT2D eigenvalue weighted by atomic mass is 9.88. The summed E-state index contributed by atoms with van der Waals surface area (Å²) in [4.78, 5) is 20.2. The van der Waals surface area contributed by atoms with Crippen LogP contribution in [0.3, 0.4) is 0 Å². The Balaban J connectivity index is 2.05. The summed E-state index contributed by atoms with van der Waals surface area (Å²) in [5.41, 5.74) is -0.634. The van der Waals surface area contributed by atoms with Crippen LogP contribution in [0.25, 0.3) is 5.78 Å². The van der Waals surface area contributed by atoms with E-state index < -0.39 is 5.60 Å². The minimum Gasteiger partial charge on any atom is -0.388 e. The fraction of sp³-hybridized carbons (Fsp3) is 0.500. The Morgan fingerprint density at radius 2 is 2.35 bits per heavy atom. The van der Waals surface area contributed by atoms with Gasteiger partial charge in [0.25, 0.3) is 5.91 Å². The molecule has 2 heterocycles. The molecule has 2 rings (SSSR count). The quantitative estimate of drug-likeness (QED) is 0.861. The minimum absolute atomic E-state index is 0.102. The Labute approximate surface area is 117 Å². The van der Waals surface area contributed by atoms with Crippen LogP contribution in [-0.4, -0.2) is 37.5 Å². The fourth-order valence-corrected chi connectivity index (χ4v) is 1.90. The van der Waals surface area contributed by atoms with E-state index in [0.29, 0.717) is 11.5 Å². The molecule has 2 aromatic rings. The number of fused-ring (bicyclic) bond motifs is 1. The highest BCUT2D eigenvalue weighted by molar-refractivity contribution is 5.92. The van der Waals surface area contributed by atoms with Gasteiger partial charge in [-0.1, -0.05) is 20.3 Å². The predicted molar refractivity (Wildman–Crippen MR) is 75.4 cm³/mol. The third-order valence-corrected chi connectivity index (χ3v) is 3.75. The predicted octanol–water partition coefficient (Wildman–Crippen LogP) is 1.26. The molecule has 0 aromatic carbocycles. The Kier molecular flexibility index (Phi) is 4.04. The van der Waals surface area contributed by atoms with Crippen LogP contribution in [0.5, 0.6) is 0 Å². The zero-order valence-corrected chi connectivity index (χ0v) is 12.0. The number of rotatable bonds is 5. The van der Waals surface area contributed by atoms with Gasteiger partial charge < -0.3 is 10.4 Å². The van der Waals surface area contributed by atoms with E-state index in [1.54, 1.807) is 36.0 Å². The fourth-order valence-electron chi connectivity index (χ4n) is 1.90. The molecule has 0 spiro atoms. The summed E-state index contributed by atoms with van der Waals surface area (Å²) in [6.07, 6.45) is 5.87. The molecule has 0 aliphatic rings. The molecule has 1 amide bonds. The number of carbonyl (C=O) groups excluding carboxylic acids is 1. The molecular formula is C14H20N4O2. The number of aromatic nitrogens is 3. The van der Waals surface area contributed by atoms with Crippen LogP contribution in [0.15, 0.2) is 24.7 Å². The van der Waals surface area contributed by atoms with E-state index in [0.717, 1.165) is 6.42 Å². The lowest BCUT2D eigenvalue weighted by Crippen LogP contribution is -2.45. The zero-order chi connectivity index (χ0) is 14.8. The van der Waals surface area contributed by atoms with Gasteiger partial charge in [0.15, 0.2) is 0 Å². The standard InChI is InChI=1S/C14H20N4O2/c1-4-10(2)14(3,20)9-16-12(19)11-8-18-7-5-6-15-13(18)17-11/h5-8,10,20H,4,9H2,1-3H3,(H,16,19). The SMILES string of the molecule is CCC(C)C(C)(O)CNC(=O)c1cn2cccnc2n1. The lowest BCUT2D eigenvalue weighted by molar-refractivity contribution is 0.00588. The molecule has 2 atom stereocenters. The molecule has 0 aliphatic carbocycles. The summed E-state index contributed by atoms with van der Waals surface area (Å²) in [6.45, 7) is 5.89. The number of nitrogens with one attached hydrogen (secondary N) is 1. The third kappa shape index (κ3) is 2.96. The second-order valence-electron chi connectivity index (χ2n) is 5.30. The Morgan fingerprint density at radius 3 is 3.00 bits per heavy atom. The number of hydrogen-bond donors (Lipinski definition) is 2. The van der Waals surface area contributed by atoms with Crippen molar-refractivity contribution in [2.45, 2.75) is 32.8 Å². The molecule has 0 bridgehead atoms. The molecule has 0 saturated carbocycles. The van der Waals surface area contributed by atoms with E-state index in [1.165, 1.54) is 0 Å². The van der Waals surface area contributed by atoms with E-state index in [2.05, 4.69) is 15.3 Å². The highest BCUT2D eigenvalue weighted by Gasteiger charge is 2.27. The molecule has 6 heteroatoms. The normalized spacial score (nSPS) is 15.8. The molecule has 2 N–H and O–H groups in total. The minimum atomic E-state index is -0.929. The number of hydrogen-bond acceptors (Lipinski definition) is 4. The summed E-state index contributed by atoms with van der Waals surface area (Å²) in [5, 5.41) is 13.0. The van der Waals surface area contributed by atoms with Crippen molar-refractivity contribution in [2.24, 2.45) is 5.92 Å². The number of nitrogens with zero attached hydrogens (tertiary/aromatic N) is 3. The van der Waals surface area contributed by atoms with Crippen molar-refractivity contribution in [3.8, 4) is 0 Å². The Morgan fingerprint density at radius 1 is 1.60 bits per heavy atom. The largest absolute Gasteiger partial charge is 0.388 e. The molecule has 0 saturated heterocycles. The van der Waals surface area contributed by atoms with Gasteiger partial charge in [0.2, 0.25) is 5.78 Å². The highest BCUT2D eigenvalue weighted by atomic mass is 16.3. The van der Waals surface area contributed by atoms with Gasteiger partial charge in [-0.05, 0) is 18.9 Å². The third-order valence-electron chi connectivity index (χ3n) is 3.75. The van der Waals surface area contributed by atoms with Crippen LogP contribution in [0, 0.1) is 5.92 Å². The molecule has 6 nitrogen and oxygen atoms in total. The van der Waals surface area contributed by atoms with Crippen LogP contribution < -0.4 is 5.32 Å². The molecule has 20 heavy (non-hydrogen) atoms. The summed E-state index contributed by atoms with van der Waals surface area (Å²) >= 11 is 0. The van der Waals surface area contributed by atoms with E-state index in [4.69, 9.17) is 0 Å². The second-order valence-corrected chi connectivity index (χ2v) is 5.30. The van der Waals surface area contributed by atoms with Gasteiger partial charge in [-0.25, -0.2) is 9.97 Å². The summed E-state index contributed by atoms with van der Waals surface area (Å²) in [5.74, 6) is 0.274. The van der Waals surface area contributed by atoms with Crippen molar-refractivity contribution in [1.29, 1.82) is 0 Å². The van der Waals surface area contributed by atoms with E-state index in [-0.39, 0.29) is 18.4 Å². The van der Waals surface area contributed by atoms with Gasteiger partial charge in [0.05, 0.1) is 5.60 Å². The molecule has 2 aromatic heterocycles. The molecule has 0 aliphatic heterocycles. The maximum Gasteiger partial charge on any atom is 0.271 e. The maximum absolute atomic E-state index is 12.0. The smallest absolute Gasteiger partial charge is 0.271 e. The maximum atomic E-state index is 12.0. The van der Waals surface area contributed by atoms with Gasteiger partial charge >= 0.3 is 0 Å². The van der Waals surface area contributed by atoms with Gasteiger partial charge in [-0.3, -0.25) is 9.20 Å². The van der Waals surface area contributed by atoms with Crippen molar-refractivity contribution in [1.82, 2.24) is 19.7 Å². The molecule has 0 fully saturated rings. The van der Waals surface area contributed by atoms with Crippen LogP contribution in [0.4, 0.5) is 0 Å². The Hall–Kier alpha value is -1.95. The average Bonchev–Trinajstić information content (AvgIpc) is 2.87. The van der Waals surface area contributed by atoms with E-state index in [9.17, 15) is 9.90 Å². The number of imidazole rings is 1. The molecular weight excluding hydrogens is 256 g/mol. The zero-order valence-electron chi connectivity index (χ0n) is 12.0. The van der Waals surface area contributed by atoms with Crippen LogP contribution in [-0.2, 0) is 0 Å². The molecule has 108 valence electrons. The van der Waals surface area contributed by atoms with Crippen molar-refractivity contribution in [3.63, 3.8) is 0 Å². The van der Waals surface area contributed by atoms with Crippen molar-refractivity contribution < 1.29 is 9.90 Å². The number of carbonyl (C=O) groups is 1.